The van der Waals surface area contributed by atoms with Gasteiger partial charge in [-0.25, -0.2) is 4.79 Å². The summed E-state index contributed by atoms with van der Waals surface area (Å²) in [5.41, 5.74) is 5.14. The average molecular weight is 374 g/mol. The minimum Gasteiger partial charge on any atom is -0.478 e. The van der Waals surface area contributed by atoms with E-state index in [1.54, 1.807) is 13.8 Å². The quantitative estimate of drug-likeness (QED) is 0.838. The number of hydrogen-bond acceptors (Lipinski definition) is 2. The minimum atomic E-state index is -4.71. The normalized spacial score (nSPS) is 18.6. The molecule has 0 radical (unpaired) electrons. The summed E-state index contributed by atoms with van der Waals surface area (Å²) < 4.78 is 39.4. The van der Waals surface area contributed by atoms with Crippen molar-refractivity contribution in [1.82, 2.24) is 0 Å². The first-order valence-electron chi connectivity index (χ1n) is 7.24. The number of nitrogens with two attached hydrogens (primary N) is 1. The Balaban J connectivity index is 2.76. The lowest BCUT2D eigenvalue weighted by Crippen LogP contribution is -2.28. The van der Waals surface area contributed by atoms with Gasteiger partial charge in [0.2, 0.25) is 5.91 Å². The molecule has 8 heteroatoms. The molecule has 0 aromatic heterocycles. The minimum absolute atomic E-state index is 0.00123. The Morgan fingerprint density at radius 3 is 2.24 bits per heavy atom. The van der Waals surface area contributed by atoms with Crippen LogP contribution in [0.15, 0.2) is 40.5 Å². The molecule has 0 aliphatic heterocycles. The van der Waals surface area contributed by atoms with Gasteiger partial charge in [0.05, 0.1) is 10.6 Å². The number of rotatable bonds is 3. The molecule has 0 saturated heterocycles. The molecule has 1 unspecified atom stereocenters. The molecule has 0 heterocycles. The molecule has 0 spiro atoms. The molecule has 4 nitrogen and oxygen atoms in total. The predicted octanol–water partition coefficient (Wildman–Crippen LogP) is 4.05. The number of amides is 1. The van der Waals surface area contributed by atoms with E-state index in [-0.39, 0.29) is 23.1 Å². The number of carbonyl (C=O) groups excluding carboxylic acids is 1. The van der Waals surface area contributed by atoms with Crippen molar-refractivity contribution >= 4 is 23.5 Å². The van der Waals surface area contributed by atoms with Crippen LogP contribution in [0.5, 0.6) is 0 Å². The van der Waals surface area contributed by atoms with Crippen LogP contribution in [0.25, 0.3) is 0 Å². The van der Waals surface area contributed by atoms with Crippen molar-refractivity contribution in [2.45, 2.75) is 32.4 Å². The van der Waals surface area contributed by atoms with Crippen molar-refractivity contribution in [1.29, 1.82) is 0 Å². The van der Waals surface area contributed by atoms with Gasteiger partial charge in [-0.3, -0.25) is 4.79 Å². The maximum atomic E-state index is 13.1. The fourth-order valence-electron chi connectivity index (χ4n) is 3.16. The second-order valence-corrected chi connectivity index (χ2v) is 6.31. The number of alkyl halides is 3. The van der Waals surface area contributed by atoms with Gasteiger partial charge in [-0.2, -0.15) is 13.2 Å². The van der Waals surface area contributed by atoms with Gasteiger partial charge in [0.25, 0.3) is 0 Å². The van der Waals surface area contributed by atoms with Gasteiger partial charge < -0.3 is 10.8 Å². The Morgan fingerprint density at radius 2 is 1.76 bits per heavy atom. The number of carboxylic acid groups (broad SMARTS) is 1. The third-order valence-electron chi connectivity index (χ3n) is 4.15. The van der Waals surface area contributed by atoms with Crippen LogP contribution in [-0.4, -0.2) is 17.0 Å². The van der Waals surface area contributed by atoms with Crippen LogP contribution in [0, 0.1) is 0 Å². The summed E-state index contributed by atoms with van der Waals surface area (Å²) in [6.07, 6.45) is -4.49. The monoisotopic (exact) mass is 373 g/mol. The zero-order valence-corrected chi connectivity index (χ0v) is 14.1. The van der Waals surface area contributed by atoms with Gasteiger partial charge in [-0.15, -0.1) is 0 Å². The molecule has 134 valence electrons. The van der Waals surface area contributed by atoms with E-state index in [1.807, 2.05) is 0 Å². The van der Waals surface area contributed by atoms with Gasteiger partial charge in [0.15, 0.2) is 0 Å². The van der Waals surface area contributed by atoms with E-state index in [0.29, 0.717) is 11.1 Å². The second kappa shape index (κ2) is 6.55. The maximum Gasteiger partial charge on any atom is 0.417 e. The third kappa shape index (κ3) is 3.56. The van der Waals surface area contributed by atoms with Crippen LogP contribution in [-0.2, 0) is 15.8 Å². The highest BCUT2D eigenvalue weighted by Crippen LogP contribution is 2.44. The predicted molar refractivity (Wildman–Crippen MR) is 86.0 cm³/mol. The van der Waals surface area contributed by atoms with Crippen molar-refractivity contribution < 1.29 is 27.9 Å². The lowest BCUT2D eigenvalue weighted by atomic mass is 9.74. The first kappa shape index (κ1) is 19.1. The highest BCUT2D eigenvalue weighted by atomic mass is 35.5. The van der Waals surface area contributed by atoms with Gasteiger partial charge in [0.1, 0.15) is 0 Å². The lowest BCUT2D eigenvalue weighted by molar-refractivity contribution is -0.137. The first-order valence-corrected chi connectivity index (χ1v) is 7.62. The molecule has 1 aromatic rings. The van der Waals surface area contributed by atoms with Crippen LogP contribution in [0.4, 0.5) is 13.2 Å². The highest BCUT2D eigenvalue weighted by molar-refractivity contribution is 6.31. The molecular formula is C17H15ClF3NO3. The number of carbonyl (C=O) groups is 2. The van der Waals surface area contributed by atoms with Crippen LogP contribution in [0.2, 0.25) is 5.02 Å². The van der Waals surface area contributed by atoms with Crippen molar-refractivity contribution in [3.63, 3.8) is 0 Å². The van der Waals surface area contributed by atoms with Crippen molar-refractivity contribution in [2.24, 2.45) is 5.73 Å². The molecule has 25 heavy (non-hydrogen) atoms. The van der Waals surface area contributed by atoms with E-state index in [0.717, 1.165) is 12.1 Å². The summed E-state index contributed by atoms with van der Waals surface area (Å²) in [7, 11) is 0. The van der Waals surface area contributed by atoms with Crippen LogP contribution < -0.4 is 5.73 Å². The van der Waals surface area contributed by atoms with Crippen LogP contribution >= 0.6 is 11.6 Å². The van der Waals surface area contributed by atoms with Crippen LogP contribution in [0.3, 0.4) is 0 Å². The average Bonchev–Trinajstić information content (AvgIpc) is 2.44. The van der Waals surface area contributed by atoms with Gasteiger partial charge >= 0.3 is 12.1 Å². The maximum absolute atomic E-state index is 13.1. The summed E-state index contributed by atoms with van der Waals surface area (Å²) >= 11 is 5.62. The number of carboxylic acids is 1. The molecule has 1 amide bonds. The highest BCUT2D eigenvalue weighted by Gasteiger charge is 2.38. The van der Waals surface area contributed by atoms with E-state index >= 15 is 0 Å². The first-order chi connectivity index (χ1) is 11.4. The smallest absolute Gasteiger partial charge is 0.417 e. The summed E-state index contributed by atoms with van der Waals surface area (Å²) in [4.78, 5) is 23.6. The van der Waals surface area contributed by atoms with E-state index in [2.05, 4.69) is 0 Å². The Labute approximate surface area is 146 Å². The molecular weight excluding hydrogens is 359 g/mol. The number of primary amides is 1. The second-order valence-electron chi connectivity index (χ2n) is 5.90. The summed E-state index contributed by atoms with van der Waals surface area (Å²) in [6, 6.07) is 3.09. The Bertz CT molecular complexity index is 789. The molecule has 0 fully saturated rings. The molecule has 1 aliphatic rings. The number of benzene rings is 1. The number of aliphatic carboxylic acids is 1. The lowest BCUT2D eigenvalue weighted by Gasteiger charge is -2.29. The van der Waals surface area contributed by atoms with E-state index in [9.17, 15) is 27.9 Å². The zero-order valence-electron chi connectivity index (χ0n) is 13.4. The fourth-order valence-corrected chi connectivity index (χ4v) is 3.38. The SMILES string of the molecule is CC1=C(C(N)=O)C(c2ccc(Cl)c(C(F)(F)F)c2)C(C(=O)O)=C(C)C1. The van der Waals surface area contributed by atoms with E-state index < -0.39 is 34.6 Å². The molecule has 1 aliphatic carbocycles. The fraction of sp³-hybridized carbons (Fsp3) is 0.294. The zero-order chi connectivity index (χ0) is 19.1. The van der Waals surface area contributed by atoms with Gasteiger partial charge in [-0.05, 0) is 38.0 Å². The number of hydrogen-bond donors (Lipinski definition) is 2. The van der Waals surface area contributed by atoms with Crippen molar-refractivity contribution in [3.05, 3.63) is 56.6 Å². The standard InChI is InChI=1S/C17H15ClF3NO3/c1-7-5-8(2)13(16(24)25)14(12(7)15(22)23)9-3-4-11(18)10(6-9)17(19,20)21/h3-4,6,14H,5H2,1-2H3,(H2,22,23)(H,24,25). The molecule has 0 bridgehead atoms. The molecule has 3 N–H and O–H groups in total. The number of allylic oxidation sites excluding steroid dienone is 2. The molecule has 1 aromatic carbocycles. The Morgan fingerprint density at radius 1 is 1.20 bits per heavy atom. The largest absolute Gasteiger partial charge is 0.478 e. The molecule has 2 rings (SSSR count). The summed E-state index contributed by atoms with van der Waals surface area (Å²) in [5, 5.41) is 9.02. The Hall–Kier alpha value is -2.28. The van der Waals surface area contributed by atoms with E-state index in [1.165, 1.54) is 6.07 Å². The summed E-state index contributed by atoms with van der Waals surface area (Å²) in [6.45, 7) is 3.17. The van der Waals surface area contributed by atoms with Crippen LogP contribution in [0.1, 0.15) is 37.3 Å². The van der Waals surface area contributed by atoms with Gasteiger partial charge in [-0.1, -0.05) is 28.8 Å². The van der Waals surface area contributed by atoms with Crippen molar-refractivity contribution in [3.8, 4) is 0 Å². The molecule has 0 saturated carbocycles. The van der Waals surface area contributed by atoms with Gasteiger partial charge in [0, 0.05) is 17.1 Å². The van der Waals surface area contributed by atoms with Crippen molar-refractivity contribution in [2.75, 3.05) is 0 Å². The third-order valence-corrected chi connectivity index (χ3v) is 4.48. The summed E-state index contributed by atoms with van der Waals surface area (Å²) in [5.74, 6) is -3.35. The molecule has 1 atom stereocenters. The van der Waals surface area contributed by atoms with E-state index in [4.69, 9.17) is 17.3 Å². The Kier molecular flexibility index (Phi) is 4.99. The number of halogens is 4. The topological polar surface area (TPSA) is 80.4 Å².